The van der Waals surface area contributed by atoms with Crippen LogP contribution in [0.4, 0.5) is 22.9 Å². The molecule has 4 aromatic rings. The Kier molecular flexibility index (Phi) is 7.64. The summed E-state index contributed by atoms with van der Waals surface area (Å²) in [5.74, 6) is 0.436. The van der Waals surface area contributed by atoms with Gasteiger partial charge in [0.2, 0.25) is 0 Å². The fourth-order valence-corrected chi connectivity index (χ4v) is 5.24. The first-order valence-corrected chi connectivity index (χ1v) is 13.7. The number of carbonyl (C=O) groups is 1. The topological polar surface area (TPSA) is 109 Å². The van der Waals surface area contributed by atoms with Crippen molar-refractivity contribution in [1.29, 1.82) is 0 Å². The molecule has 0 radical (unpaired) electrons. The first-order valence-electron chi connectivity index (χ1n) is 13.7. The lowest BCUT2D eigenvalue weighted by Crippen LogP contribution is -2.35. The van der Waals surface area contributed by atoms with Crippen molar-refractivity contribution < 1.29 is 9.53 Å². The summed E-state index contributed by atoms with van der Waals surface area (Å²) in [6.07, 6.45) is 10.8. The SMILES string of the molecule is O=C(Nc1ccncc1)c1cnc2c(Nc3ccc(CN4CCOCC4)cc3)cc(NC3CCCCC3)nn12. The van der Waals surface area contributed by atoms with Gasteiger partial charge in [-0.15, -0.1) is 5.10 Å². The number of amides is 1. The summed E-state index contributed by atoms with van der Waals surface area (Å²) in [5.41, 5.74) is 4.60. The van der Waals surface area contributed by atoms with E-state index in [9.17, 15) is 4.79 Å². The number of nitrogens with one attached hydrogen (secondary N) is 3. The zero-order valence-electron chi connectivity index (χ0n) is 22.0. The van der Waals surface area contributed by atoms with E-state index in [1.165, 1.54) is 24.8 Å². The Hall–Kier alpha value is -4.02. The summed E-state index contributed by atoms with van der Waals surface area (Å²) in [7, 11) is 0. The highest BCUT2D eigenvalue weighted by atomic mass is 16.5. The number of carbonyl (C=O) groups excluding carboxylic acids is 1. The Morgan fingerprint density at radius 3 is 2.51 bits per heavy atom. The van der Waals surface area contributed by atoms with Crippen molar-refractivity contribution in [1.82, 2.24) is 24.5 Å². The monoisotopic (exact) mass is 526 g/mol. The molecule has 2 aliphatic rings. The van der Waals surface area contributed by atoms with Gasteiger partial charge in [0.05, 0.1) is 25.1 Å². The van der Waals surface area contributed by atoms with Crippen LogP contribution in [0, 0.1) is 0 Å². The quantitative estimate of drug-likeness (QED) is 0.303. The zero-order valence-corrected chi connectivity index (χ0v) is 22.0. The molecule has 1 aromatic carbocycles. The molecule has 39 heavy (non-hydrogen) atoms. The van der Waals surface area contributed by atoms with E-state index in [-0.39, 0.29) is 5.91 Å². The van der Waals surface area contributed by atoms with Gasteiger partial charge in [0, 0.05) is 55.5 Å². The number of aromatic nitrogens is 4. The van der Waals surface area contributed by atoms with Crippen LogP contribution in [-0.2, 0) is 11.3 Å². The van der Waals surface area contributed by atoms with Crippen molar-refractivity contribution in [2.75, 3.05) is 42.3 Å². The van der Waals surface area contributed by atoms with Gasteiger partial charge >= 0.3 is 0 Å². The molecule has 0 atom stereocenters. The minimum absolute atomic E-state index is 0.283. The third-order valence-electron chi connectivity index (χ3n) is 7.34. The molecule has 10 heteroatoms. The molecule has 1 amide bonds. The van der Waals surface area contributed by atoms with Crippen molar-refractivity contribution in [3.05, 3.63) is 72.3 Å². The molecule has 1 aliphatic carbocycles. The fraction of sp³-hybridized carbons (Fsp3) is 0.379. The van der Waals surface area contributed by atoms with Crippen molar-refractivity contribution in [3.63, 3.8) is 0 Å². The van der Waals surface area contributed by atoms with E-state index in [2.05, 4.69) is 55.1 Å². The van der Waals surface area contributed by atoms with Crippen LogP contribution in [0.5, 0.6) is 0 Å². The number of pyridine rings is 1. The Balaban J connectivity index is 1.27. The fourth-order valence-electron chi connectivity index (χ4n) is 5.24. The molecule has 6 rings (SSSR count). The van der Waals surface area contributed by atoms with Gasteiger partial charge in [0.25, 0.3) is 5.91 Å². The average molecular weight is 527 g/mol. The first-order chi connectivity index (χ1) is 19.2. The van der Waals surface area contributed by atoms with Crippen LogP contribution < -0.4 is 16.0 Å². The molecule has 4 heterocycles. The molecule has 0 bridgehead atoms. The van der Waals surface area contributed by atoms with Gasteiger partial charge in [0.1, 0.15) is 5.82 Å². The summed E-state index contributed by atoms with van der Waals surface area (Å²) in [6.45, 7) is 4.42. The second kappa shape index (κ2) is 11.8. The summed E-state index contributed by atoms with van der Waals surface area (Å²) in [4.78, 5) is 24.2. The van der Waals surface area contributed by atoms with Crippen molar-refractivity contribution >= 4 is 34.4 Å². The molecule has 0 unspecified atom stereocenters. The number of ether oxygens (including phenoxy) is 1. The van der Waals surface area contributed by atoms with E-state index >= 15 is 0 Å². The van der Waals surface area contributed by atoms with Gasteiger partial charge in [-0.05, 0) is 42.7 Å². The second-order valence-electron chi connectivity index (χ2n) is 10.2. The summed E-state index contributed by atoms with van der Waals surface area (Å²) in [6, 6.07) is 14.3. The number of rotatable bonds is 8. The Labute approximate surface area is 227 Å². The third-order valence-corrected chi connectivity index (χ3v) is 7.34. The highest BCUT2D eigenvalue weighted by Crippen LogP contribution is 2.27. The van der Waals surface area contributed by atoms with E-state index in [0.717, 1.165) is 62.9 Å². The maximum Gasteiger partial charge on any atom is 0.276 e. The number of hydrogen-bond donors (Lipinski definition) is 3. The number of nitrogens with zero attached hydrogens (tertiary/aromatic N) is 5. The molecular formula is C29H34N8O2. The summed E-state index contributed by atoms with van der Waals surface area (Å²) >= 11 is 0. The van der Waals surface area contributed by atoms with Gasteiger partial charge in [0.15, 0.2) is 11.3 Å². The predicted molar refractivity (Wildman–Crippen MR) is 151 cm³/mol. The highest BCUT2D eigenvalue weighted by molar-refractivity contribution is 6.03. The molecule has 202 valence electrons. The Morgan fingerprint density at radius 2 is 1.74 bits per heavy atom. The smallest absolute Gasteiger partial charge is 0.276 e. The predicted octanol–water partition coefficient (Wildman–Crippen LogP) is 4.70. The number of anilines is 4. The molecule has 2 fully saturated rings. The molecule has 0 spiro atoms. The first kappa shape index (κ1) is 25.3. The Morgan fingerprint density at radius 1 is 0.974 bits per heavy atom. The van der Waals surface area contributed by atoms with Crippen molar-refractivity contribution in [2.45, 2.75) is 44.7 Å². The number of morpholine rings is 1. The van der Waals surface area contributed by atoms with Gasteiger partial charge < -0.3 is 20.7 Å². The number of fused-ring (bicyclic) bond motifs is 1. The van der Waals surface area contributed by atoms with Crippen LogP contribution in [0.15, 0.2) is 61.1 Å². The third kappa shape index (κ3) is 6.18. The van der Waals surface area contributed by atoms with Gasteiger partial charge in [-0.1, -0.05) is 31.4 Å². The minimum Gasteiger partial charge on any atom is -0.379 e. The van der Waals surface area contributed by atoms with Gasteiger partial charge in [-0.2, -0.15) is 0 Å². The maximum absolute atomic E-state index is 13.2. The molecule has 3 N–H and O–H groups in total. The molecular weight excluding hydrogens is 492 g/mol. The number of imidazole rings is 1. The molecule has 10 nitrogen and oxygen atoms in total. The molecule has 3 aromatic heterocycles. The van der Waals surface area contributed by atoms with E-state index in [1.54, 1.807) is 35.2 Å². The Bertz CT molecular complexity index is 1390. The van der Waals surface area contributed by atoms with E-state index in [4.69, 9.17) is 9.84 Å². The van der Waals surface area contributed by atoms with Gasteiger partial charge in [-0.3, -0.25) is 14.7 Å². The van der Waals surface area contributed by atoms with Crippen LogP contribution in [0.2, 0.25) is 0 Å². The van der Waals surface area contributed by atoms with Crippen molar-refractivity contribution in [2.24, 2.45) is 0 Å². The summed E-state index contributed by atoms with van der Waals surface area (Å²) in [5, 5.41) is 14.8. The van der Waals surface area contributed by atoms with Crippen LogP contribution >= 0.6 is 0 Å². The number of hydrogen-bond acceptors (Lipinski definition) is 8. The van der Waals surface area contributed by atoms with Crippen LogP contribution in [0.25, 0.3) is 5.65 Å². The van der Waals surface area contributed by atoms with Gasteiger partial charge in [-0.25, -0.2) is 9.50 Å². The standard InChI is InChI=1S/C29H34N8O2/c38-29(34-24-10-12-30-13-11-24)26-19-31-28-25(18-27(35-37(26)28)33-22-4-2-1-3-5-22)32-23-8-6-21(7-9-23)20-36-14-16-39-17-15-36/h6-13,18-19,22,32H,1-5,14-17,20H2,(H,33,35)(H,30,34,38). The normalized spacial score (nSPS) is 16.7. The largest absolute Gasteiger partial charge is 0.379 e. The lowest BCUT2D eigenvalue weighted by atomic mass is 9.95. The molecule has 1 saturated heterocycles. The van der Waals surface area contributed by atoms with Crippen LogP contribution in [0.1, 0.15) is 48.2 Å². The van der Waals surface area contributed by atoms with Crippen LogP contribution in [0.3, 0.4) is 0 Å². The zero-order chi connectivity index (χ0) is 26.4. The number of benzene rings is 1. The van der Waals surface area contributed by atoms with E-state index in [1.807, 2.05) is 6.07 Å². The minimum atomic E-state index is -0.283. The molecule has 1 aliphatic heterocycles. The molecule has 1 saturated carbocycles. The second-order valence-corrected chi connectivity index (χ2v) is 10.2. The summed E-state index contributed by atoms with van der Waals surface area (Å²) < 4.78 is 7.09. The van der Waals surface area contributed by atoms with E-state index < -0.39 is 0 Å². The highest BCUT2D eigenvalue weighted by Gasteiger charge is 2.20. The van der Waals surface area contributed by atoms with E-state index in [0.29, 0.717) is 23.1 Å². The lowest BCUT2D eigenvalue weighted by Gasteiger charge is -2.26. The maximum atomic E-state index is 13.2. The lowest BCUT2D eigenvalue weighted by molar-refractivity contribution is 0.0342. The van der Waals surface area contributed by atoms with Crippen LogP contribution in [-0.4, -0.2) is 62.7 Å². The van der Waals surface area contributed by atoms with Crippen molar-refractivity contribution in [3.8, 4) is 0 Å². The average Bonchev–Trinajstić information content (AvgIpc) is 3.40.